The molecule has 1 atom stereocenters. The van der Waals surface area contributed by atoms with E-state index in [9.17, 15) is 17.2 Å². The van der Waals surface area contributed by atoms with E-state index in [0.29, 0.717) is 5.56 Å². The van der Waals surface area contributed by atoms with Gasteiger partial charge in [-0.1, -0.05) is 12.1 Å². The Kier molecular flexibility index (Phi) is 4.22. The Bertz CT molecular complexity index is 699. The third-order valence-corrected chi connectivity index (χ3v) is 6.40. The van der Waals surface area contributed by atoms with Crippen LogP contribution in [-0.4, -0.2) is 19.8 Å². The van der Waals surface area contributed by atoms with Gasteiger partial charge in [-0.25, -0.2) is 17.2 Å². The van der Waals surface area contributed by atoms with Crippen LogP contribution in [0.25, 0.3) is 0 Å². The van der Waals surface area contributed by atoms with Crippen molar-refractivity contribution in [3.05, 3.63) is 52.9 Å². The van der Waals surface area contributed by atoms with E-state index >= 15 is 0 Å². The Hall–Kier alpha value is -1.31. The van der Waals surface area contributed by atoms with Crippen LogP contribution in [0.4, 0.5) is 8.78 Å². The lowest BCUT2D eigenvalue weighted by atomic mass is 10.1. The van der Waals surface area contributed by atoms with Crippen molar-refractivity contribution in [1.82, 2.24) is 4.31 Å². The first kappa shape index (κ1) is 15.1. The van der Waals surface area contributed by atoms with Gasteiger partial charge in [-0.3, -0.25) is 0 Å². The number of rotatable bonds is 4. The van der Waals surface area contributed by atoms with Crippen molar-refractivity contribution in [3.8, 4) is 0 Å². The van der Waals surface area contributed by atoms with E-state index in [-0.39, 0.29) is 4.21 Å². The van der Waals surface area contributed by atoms with Gasteiger partial charge in [0, 0.05) is 13.1 Å². The molecule has 2 rings (SSSR count). The zero-order chi connectivity index (χ0) is 14.9. The normalized spacial score (nSPS) is 13.7. The average Bonchev–Trinajstić information content (AvgIpc) is 2.95. The first-order valence-corrected chi connectivity index (χ1v) is 8.12. The highest BCUT2D eigenvalue weighted by molar-refractivity contribution is 7.91. The summed E-state index contributed by atoms with van der Waals surface area (Å²) >= 11 is 1.11. The Labute approximate surface area is 120 Å². The third-order valence-electron chi connectivity index (χ3n) is 3.10. The van der Waals surface area contributed by atoms with Gasteiger partial charge < -0.3 is 0 Å². The van der Waals surface area contributed by atoms with Crippen LogP contribution in [0.3, 0.4) is 0 Å². The molecular formula is C13H13F2NO2S2. The van der Waals surface area contributed by atoms with Crippen molar-refractivity contribution in [2.75, 3.05) is 7.05 Å². The standard InChI is InChI=1S/C13H13F2NO2S2/c1-9(10-5-6-11(14)12(15)8-10)16(2)20(17,18)13-4-3-7-19-13/h3-9H,1-2H3. The number of hydrogen-bond acceptors (Lipinski definition) is 3. The van der Waals surface area contributed by atoms with Crippen molar-refractivity contribution < 1.29 is 17.2 Å². The molecule has 0 fully saturated rings. The van der Waals surface area contributed by atoms with Gasteiger partial charge in [0.2, 0.25) is 0 Å². The fourth-order valence-electron chi connectivity index (χ4n) is 1.74. The molecular weight excluding hydrogens is 304 g/mol. The largest absolute Gasteiger partial charge is 0.252 e. The molecule has 1 aromatic carbocycles. The van der Waals surface area contributed by atoms with Crippen LogP contribution in [0.5, 0.6) is 0 Å². The maximum Gasteiger partial charge on any atom is 0.252 e. The van der Waals surface area contributed by atoms with E-state index in [0.717, 1.165) is 27.8 Å². The Morgan fingerprint density at radius 3 is 2.45 bits per heavy atom. The van der Waals surface area contributed by atoms with Gasteiger partial charge in [0.25, 0.3) is 10.0 Å². The maximum atomic E-state index is 13.2. The van der Waals surface area contributed by atoms with E-state index in [1.54, 1.807) is 18.4 Å². The fourth-order valence-corrected chi connectivity index (χ4v) is 4.27. The summed E-state index contributed by atoms with van der Waals surface area (Å²) in [6.45, 7) is 1.62. The fraction of sp³-hybridized carbons (Fsp3) is 0.231. The number of benzene rings is 1. The molecule has 0 N–H and O–H groups in total. The summed E-state index contributed by atoms with van der Waals surface area (Å²) in [5, 5.41) is 1.67. The van der Waals surface area contributed by atoms with Crippen molar-refractivity contribution >= 4 is 21.4 Å². The van der Waals surface area contributed by atoms with Crippen LogP contribution in [0.15, 0.2) is 39.9 Å². The molecule has 0 saturated heterocycles. The molecule has 0 amide bonds. The van der Waals surface area contributed by atoms with Crippen LogP contribution in [0.1, 0.15) is 18.5 Å². The summed E-state index contributed by atoms with van der Waals surface area (Å²) in [7, 11) is -2.21. The van der Waals surface area contributed by atoms with Crippen LogP contribution >= 0.6 is 11.3 Å². The second-order valence-electron chi connectivity index (χ2n) is 4.30. The highest BCUT2D eigenvalue weighted by atomic mass is 32.2. The van der Waals surface area contributed by atoms with Crippen molar-refractivity contribution in [3.63, 3.8) is 0 Å². The lowest BCUT2D eigenvalue weighted by Gasteiger charge is -2.24. The van der Waals surface area contributed by atoms with Gasteiger partial charge in [0.15, 0.2) is 11.6 Å². The molecule has 0 radical (unpaired) electrons. The topological polar surface area (TPSA) is 37.4 Å². The van der Waals surface area contributed by atoms with Gasteiger partial charge in [-0.05, 0) is 36.1 Å². The lowest BCUT2D eigenvalue weighted by molar-refractivity contribution is 0.396. The Morgan fingerprint density at radius 2 is 1.90 bits per heavy atom. The van der Waals surface area contributed by atoms with Gasteiger partial charge in [0.1, 0.15) is 4.21 Å². The summed E-state index contributed by atoms with van der Waals surface area (Å²) in [6, 6.07) is 5.94. The number of halogens is 2. The zero-order valence-electron chi connectivity index (χ0n) is 10.9. The van der Waals surface area contributed by atoms with Crippen molar-refractivity contribution in [1.29, 1.82) is 0 Å². The third kappa shape index (κ3) is 2.74. The van der Waals surface area contributed by atoms with Crippen LogP contribution in [0.2, 0.25) is 0 Å². The molecule has 20 heavy (non-hydrogen) atoms. The Morgan fingerprint density at radius 1 is 1.20 bits per heavy atom. The molecule has 0 aliphatic carbocycles. The molecule has 3 nitrogen and oxygen atoms in total. The van der Waals surface area contributed by atoms with Gasteiger partial charge >= 0.3 is 0 Å². The first-order chi connectivity index (χ1) is 9.34. The maximum absolute atomic E-state index is 13.2. The molecule has 0 aliphatic rings. The monoisotopic (exact) mass is 317 g/mol. The molecule has 1 aromatic heterocycles. The number of hydrogen-bond donors (Lipinski definition) is 0. The van der Waals surface area contributed by atoms with Crippen molar-refractivity contribution in [2.24, 2.45) is 0 Å². The minimum absolute atomic E-state index is 0.217. The molecule has 2 aromatic rings. The zero-order valence-corrected chi connectivity index (χ0v) is 12.5. The minimum atomic E-state index is -3.63. The highest BCUT2D eigenvalue weighted by Gasteiger charge is 2.27. The van der Waals surface area contributed by atoms with E-state index < -0.39 is 27.7 Å². The van der Waals surface area contributed by atoms with Crippen LogP contribution in [-0.2, 0) is 10.0 Å². The first-order valence-electron chi connectivity index (χ1n) is 5.80. The van der Waals surface area contributed by atoms with E-state index in [2.05, 4.69) is 0 Å². The summed E-state index contributed by atoms with van der Waals surface area (Å²) in [4.78, 5) is 0. The highest BCUT2D eigenvalue weighted by Crippen LogP contribution is 2.28. The average molecular weight is 317 g/mol. The molecule has 0 saturated carbocycles. The molecule has 0 bridgehead atoms. The van der Waals surface area contributed by atoms with Crippen molar-refractivity contribution in [2.45, 2.75) is 17.2 Å². The number of nitrogens with zero attached hydrogens (tertiary/aromatic N) is 1. The molecule has 7 heteroatoms. The molecule has 0 aliphatic heterocycles. The van der Waals surface area contributed by atoms with Gasteiger partial charge in [-0.2, -0.15) is 4.31 Å². The van der Waals surface area contributed by atoms with Gasteiger partial charge in [-0.15, -0.1) is 11.3 Å². The number of sulfonamides is 1. The van der Waals surface area contributed by atoms with Crippen LogP contribution < -0.4 is 0 Å². The van der Waals surface area contributed by atoms with E-state index in [4.69, 9.17) is 0 Å². The summed E-state index contributed by atoms with van der Waals surface area (Å²) in [5.41, 5.74) is 0.395. The number of thiophene rings is 1. The predicted molar refractivity (Wildman–Crippen MR) is 74.0 cm³/mol. The summed E-state index contributed by atoms with van der Waals surface area (Å²) in [6.07, 6.45) is 0. The van der Waals surface area contributed by atoms with Gasteiger partial charge in [0.05, 0.1) is 0 Å². The lowest BCUT2D eigenvalue weighted by Crippen LogP contribution is -2.29. The van der Waals surface area contributed by atoms with Crippen LogP contribution in [0, 0.1) is 11.6 Å². The minimum Gasteiger partial charge on any atom is -0.206 e. The second kappa shape index (κ2) is 5.59. The molecule has 0 spiro atoms. The van der Waals surface area contributed by atoms with E-state index in [1.807, 2.05) is 0 Å². The molecule has 1 heterocycles. The molecule has 1 unspecified atom stereocenters. The predicted octanol–water partition coefficient (Wildman–Crippen LogP) is 3.41. The summed E-state index contributed by atoms with van der Waals surface area (Å²) < 4.78 is 52.2. The summed E-state index contributed by atoms with van der Waals surface area (Å²) in [5.74, 6) is -1.94. The Balaban J connectivity index is 2.33. The smallest absolute Gasteiger partial charge is 0.206 e. The SMILES string of the molecule is CC(c1ccc(F)c(F)c1)N(C)S(=O)(=O)c1cccs1. The van der Waals surface area contributed by atoms with E-state index in [1.165, 1.54) is 19.2 Å². The quantitative estimate of drug-likeness (QED) is 0.866. The molecule has 108 valence electrons. The second-order valence-corrected chi connectivity index (χ2v) is 7.47.